The molecule has 1 N–H and O–H groups in total. The first-order valence-corrected chi connectivity index (χ1v) is 7.93. The topological polar surface area (TPSA) is 73.7 Å². The predicted octanol–water partition coefficient (Wildman–Crippen LogP) is 1.53. The Hall–Kier alpha value is -1.76. The lowest BCUT2D eigenvalue weighted by Gasteiger charge is -2.37. The molecular weight excluding hydrogens is 290 g/mol. The molecule has 1 aromatic heterocycles. The molecule has 1 fully saturated rings. The van der Waals surface area contributed by atoms with Gasteiger partial charge in [0.1, 0.15) is 0 Å². The van der Waals surface area contributed by atoms with Crippen LogP contribution in [0.1, 0.15) is 12.0 Å². The highest BCUT2D eigenvalue weighted by Crippen LogP contribution is 2.20. The van der Waals surface area contributed by atoms with E-state index in [1.165, 1.54) is 0 Å². The molecule has 1 atom stereocenters. The van der Waals surface area contributed by atoms with E-state index in [4.69, 9.17) is 5.11 Å². The van der Waals surface area contributed by atoms with E-state index in [1.54, 1.807) is 41.0 Å². The highest BCUT2D eigenvalue weighted by molar-refractivity contribution is 7.99. The van der Waals surface area contributed by atoms with Gasteiger partial charge >= 0.3 is 12.0 Å². The standard InChI is InChI=1S/C14H19N3O3S/c1-16(9-11-3-2-4-15-8-11)14(20)17-5-6-21-10-12(17)7-13(18)19/h2-4,8,12H,5-7,9-10H2,1H3,(H,18,19). The summed E-state index contributed by atoms with van der Waals surface area (Å²) in [6.07, 6.45) is 3.42. The van der Waals surface area contributed by atoms with Crippen molar-refractivity contribution in [3.63, 3.8) is 0 Å². The largest absolute Gasteiger partial charge is 0.481 e. The van der Waals surface area contributed by atoms with Crippen LogP contribution in [0.5, 0.6) is 0 Å². The molecule has 1 saturated heterocycles. The number of amides is 2. The highest BCUT2D eigenvalue weighted by Gasteiger charge is 2.30. The van der Waals surface area contributed by atoms with Gasteiger partial charge in [-0.2, -0.15) is 11.8 Å². The van der Waals surface area contributed by atoms with Crippen molar-refractivity contribution in [2.75, 3.05) is 25.1 Å². The Balaban J connectivity index is 2.00. The Kier molecular flexibility index (Phi) is 5.44. The van der Waals surface area contributed by atoms with Crippen molar-refractivity contribution >= 4 is 23.8 Å². The molecule has 1 aliphatic rings. The Bertz CT molecular complexity index is 497. The van der Waals surface area contributed by atoms with Gasteiger partial charge in [-0.25, -0.2) is 4.79 Å². The van der Waals surface area contributed by atoms with Gasteiger partial charge in [-0.1, -0.05) is 6.07 Å². The van der Waals surface area contributed by atoms with Crippen LogP contribution in [0.3, 0.4) is 0 Å². The molecule has 7 heteroatoms. The SMILES string of the molecule is CN(Cc1cccnc1)C(=O)N1CCSCC1CC(=O)O. The van der Waals surface area contributed by atoms with Crippen LogP contribution in [0.25, 0.3) is 0 Å². The maximum atomic E-state index is 12.5. The summed E-state index contributed by atoms with van der Waals surface area (Å²) >= 11 is 1.70. The zero-order valence-electron chi connectivity index (χ0n) is 11.9. The molecule has 2 heterocycles. The molecule has 114 valence electrons. The Morgan fingerprint density at radius 1 is 1.57 bits per heavy atom. The fourth-order valence-electron chi connectivity index (χ4n) is 2.33. The van der Waals surface area contributed by atoms with Crippen molar-refractivity contribution in [2.24, 2.45) is 0 Å². The number of hydrogen-bond donors (Lipinski definition) is 1. The van der Waals surface area contributed by atoms with Crippen molar-refractivity contribution in [1.82, 2.24) is 14.8 Å². The molecule has 0 bridgehead atoms. The van der Waals surface area contributed by atoms with Crippen molar-refractivity contribution in [1.29, 1.82) is 0 Å². The lowest BCUT2D eigenvalue weighted by Crippen LogP contribution is -2.51. The van der Waals surface area contributed by atoms with Crippen LogP contribution in [0.4, 0.5) is 4.79 Å². The minimum atomic E-state index is -0.866. The molecule has 0 spiro atoms. The van der Waals surface area contributed by atoms with Gasteiger partial charge in [-0.15, -0.1) is 0 Å². The monoisotopic (exact) mass is 309 g/mol. The van der Waals surface area contributed by atoms with E-state index in [0.717, 1.165) is 11.3 Å². The number of nitrogens with zero attached hydrogens (tertiary/aromatic N) is 3. The van der Waals surface area contributed by atoms with Crippen LogP contribution in [0, 0.1) is 0 Å². The van der Waals surface area contributed by atoms with E-state index in [9.17, 15) is 9.59 Å². The molecule has 0 aliphatic carbocycles. The van der Waals surface area contributed by atoms with Gasteiger partial charge in [0.05, 0.1) is 12.5 Å². The predicted molar refractivity (Wildman–Crippen MR) is 81.2 cm³/mol. The second-order valence-electron chi connectivity index (χ2n) is 5.02. The summed E-state index contributed by atoms with van der Waals surface area (Å²) in [6.45, 7) is 1.06. The number of thioether (sulfide) groups is 1. The summed E-state index contributed by atoms with van der Waals surface area (Å²) in [6, 6.07) is 3.39. The first-order valence-electron chi connectivity index (χ1n) is 6.78. The van der Waals surface area contributed by atoms with Crippen LogP contribution in [-0.2, 0) is 11.3 Å². The van der Waals surface area contributed by atoms with Crippen molar-refractivity contribution in [3.05, 3.63) is 30.1 Å². The first kappa shape index (κ1) is 15.6. The van der Waals surface area contributed by atoms with E-state index in [2.05, 4.69) is 4.98 Å². The zero-order chi connectivity index (χ0) is 15.2. The lowest BCUT2D eigenvalue weighted by atomic mass is 10.2. The molecule has 1 aliphatic heterocycles. The molecule has 21 heavy (non-hydrogen) atoms. The molecule has 0 radical (unpaired) electrons. The molecular formula is C14H19N3O3S. The molecule has 2 amide bonds. The van der Waals surface area contributed by atoms with Gasteiger partial charge in [-0.05, 0) is 11.6 Å². The average Bonchev–Trinajstić information content (AvgIpc) is 2.47. The summed E-state index contributed by atoms with van der Waals surface area (Å²) in [4.78, 5) is 30.8. The second kappa shape index (κ2) is 7.31. The second-order valence-corrected chi connectivity index (χ2v) is 6.17. The van der Waals surface area contributed by atoms with E-state index in [1.807, 2.05) is 12.1 Å². The van der Waals surface area contributed by atoms with Crippen LogP contribution < -0.4 is 0 Å². The molecule has 2 rings (SSSR count). The van der Waals surface area contributed by atoms with Gasteiger partial charge in [0.2, 0.25) is 0 Å². The fraction of sp³-hybridized carbons (Fsp3) is 0.500. The number of aliphatic carboxylic acids is 1. The summed E-state index contributed by atoms with van der Waals surface area (Å²) in [5.74, 6) is 0.664. The van der Waals surface area contributed by atoms with Gasteiger partial charge < -0.3 is 14.9 Å². The lowest BCUT2D eigenvalue weighted by molar-refractivity contribution is -0.138. The highest BCUT2D eigenvalue weighted by atomic mass is 32.2. The maximum Gasteiger partial charge on any atom is 0.320 e. The number of carboxylic acids is 1. The van der Waals surface area contributed by atoms with Crippen molar-refractivity contribution in [3.8, 4) is 0 Å². The summed E-state index contributed by atoms with van der Waals surface area (Å²) < 4.78 is 0. The van der Waals surface area contributed by atoms with Crippen molar-refractivity contribution in [2.45, 2.75) is 19.0 Å². The number of urea groups is 1. The smallest absolute Gasteiger partial charge is 0.320 e. The van der Waals surface area contributed by atoms with E-state index in [-0.39, 0.29) is 18.5 Å². The zero-order valence-corrected chi connectivity index (χ0v) is 12.8. The third-order valence-corrected chi connectivity index (χ3v) is 4.44. The Morgan fingerprint density at radius 3 is 3.05 bits per heavy atom. The molecule has 1 unspecified atom stereocenters. The van der Waals surface area contributed by atoms with Gasteiger partial charge in [-0.3, -0.25) is 9.78 Å². The number of carbonyl (C=O) groups is 2. The van der Waals surface area contributed by atoms with Crippen LogP contribution in [0.2, 0.25) is 0 Å². The number of aromatic nitrogens is 1. The van der Waals surface area contributed by atoms with E-state index in [0.29, 0.717) is 18.8 Å². The van der Waals surface area contributed by atoms with Gasteiger partial charge in [0, 0.05) is 44.0 Å². The molecule has 0 saturated carbocycles. The summed E-state index contributed by atoms with van der Waals surface area (Å²) in [7, 11) is 1.73. The van der Waals surface area contributed by atoms with Crippen molar-refractivity contribution < 1.29 is 14.7 Å². The molecule has 0 aromatic carbocycles. The Labute approximate surface area is 128 Å². The number of rotatable bonds is 4. The van der Waals surface area contributed by atoms with Crippen LogP contribution in [-0.4, -0.2) is 63.0 Å². The molecule has 6 nitrogen and oxygen atoms in total. The van der Waals surface area contributed by atoms with E-state index >= 15 is 0 Å². The summed E-state index contributed by atoms with van der Waals surface area (Å²) in [5.41, 5.74) is 0.953. The van der Waals surface area contributed by atoms with Crippen LogP contribution >= 0.6 is 11.8 Å². The maximum absolute atomic E-state index is 12.5. The first-order chi connectivity index (χ1) is 10.1. The Morgan fingerprint density at radius 2 is 2.38 bits per heavy atom. The van der Waals surface area contributed by atoms with Gasteiger partial charge in [0.25, 0.3) is 0 Å². The number of pyridine rings is 1. The third kappa shape index (κ3) is 4.35. The third-order valence-electron chi connectivity index (χ3n) is 3.35. The minimum Gasteiger partial charge on any atom is -0.481 e. The number of carboxylic acid groups (broad SMARTS) is 1. The van der Waals surface area contributed by atoms with Gasteiger partial charge in [0.15, 0.2) is 0 Å². The summed E-state index contributed by atoms with van der Waals surface area (Å²) in [5, 5.41) is 8.97. The average molecular weight is 309 g/mol. The number of hydrogen-bond acceptors (Lipinski definition) is 4. The number of carbonyl (C=O) groups excluding carboxylic acids is 1. The minimum absolute atomic E-state index is 0.000523. The quantitative estimate of drug-likeness (QED) is 0.913. The normalized spacial score (nSPS) is 18.3. The molecule has 1 aromatic rings. The van der Waals surface area contributed by atoms with Crippen LogP contribution in [0.15, 0.2) is 24.5 Å². The fourth-order valence-corrected chi connectivity index (χ4v) is 3.39. The van der Waals surface area contributed by atoms with E-state index < -0.39 is 5.97 Å².